The van der Waals surface area contributed by atoms with Gasteiger partial charge in [0.1, 0.15) is 18.1 Å². The Morgan fingerprint density at radius 3 is 2.67 bits per heavy atom. The largest absolute Gasteiger partial charge is 0.497 e. The van der Waals surface area contributed by atoms with Crippen LogP contribution >= 0.6 is 0 Å². The van der Waals surface area contributed by atoms with Gasteiger partial charge in [-0.05, 0) is 50.1 Å². The highest BCUT2D eigenvalue weighted by Gasteiger charge is 2.37. The lowest BCUT2D eigenvalue weighted by Crippen LogP contribution is -2.42. The molecule has 2 aromatic carbocycles. The number of carbonyl (C=O) groups excluding carboxylic acids is 2. The molecule has 6 nitrogen and oxygen atoms in total. The molecule has 0 spiro atoms. The summed E-state index contributed by atoms with van der Waals surface area (Å²) in [5.74, 6) is 1.26. The molecule has 0 aromatic heterocycles. The number of rotatable bonds is 7. The van der Waals surface area contributed by atoms with E-state index in [0.717, 1.165) is 11.3 Å². The van der Waals surface area contributed by atoms with Gasteiger partial charge in [-0.3, -0.25) is 9.59 Å². The van der Waals surface area contributed by atoms with Crippen molar-refractivity contribution in [1.82, 2.24) is 0 Å². The second kappa shape index (κ2) is 9.03. The fourth-order valence-electron chi connectivity index (χ4n) is 3.31. The molecule has 1 aliphatic heterocycles. The van der Waals surface area contributed by atoms with Crippen LogP contribution in [0.15, 0.2) is 55.1 Å². The van der Waals surface area contributed by atoms with Crippen LogP contribution in [0.5, 0.6) is 11.5 Å². The Bertz CT molecular complexity index is 935. The molecular formula is C24H28N2O4. The number of aryl methyl sites for hydroxylation is 1. The van der Waals surface area contributed by atoms with Crippen LogP contribution in [-0.2, 0) is 16.0 Å². The molecule has 1 heterocycles. The summed E-state index contributed by atoms with van der Waals surface area (Å²) >= 11 is 0. The van der Waals surface area contributed by atoms with Crippen molar-refractivity contribution in [2.24, 2.45) is 5.41 Å². The molecule has 0 radical (unpaired) electrons. The van der Waals surface area contributed by atoms with Gasteiger partial charge < -0.3 is 19.7 Å². The lowest BCUT2D eigenvalue weighted by Gasteiger charge is -2.27. The number of carbonyl (C=O) groups is 2. The van der Waals surface area contributed by atoms with Crippen LogP contribution in [0, 0.1) is 5.41 Å². The number of ether oxygens (including phenoxy) is 2. The minimum Gasteiger partial charge on any atom is -0.497 e. The van der Waals surface area contributed by atoms with E-state index in [4.69, 9.17) is 9.47 Å². The van der Waals surface area contributed by atoms with Gasteiger partial charge in [0.15, 0.2) is 0 Å². The maximum atomic E-state index is 12.9. The van der Waals surface area contributed by atoms with Crippen molar-refractivity contribution in [3.05, 3.63) is 60.7 Å². The second-order valence-corrected chi connectivity index (χ2v) is 7.96. The fraction of sp³-hybridized carbons (Fsp3) is 0.333. The van der Waals surface area contributed by atoms with E-state index in [0.29, 0.717) is 36.5 Å². The van der Waals surface area contributed by atoms with E-state index in [1.807, 2.05) is 38.1 Å². The summed E-state index contributed by atoms with van der Waals surface area (Å²) in [4.78, 5) is 26.9. The van der Waals surface area contributed by atoms with Crippen LogP contribution in [0.1, 0.15) is 25.8 Å². The van der Waals surface area contributed by atoms with Gasteiger partial charge in [0, 0.05) is 24.7 Å². The zero-order chi connectivity index (χ0) is 21.7. The zero-order valence-corrected chi connectivity index (χ0v) is 17.7. The van der Waals surface area contributed by atoms with E-state index in [-0.39, 0.29) is 18.4 Å². The summed E-state index contributed by atoms with van der Waals surface area (Å²) in [5.41, 5.74) is 1.74. The first-order chi connectivity index (χ1) is 14.3. The normalized spacial score (nSPS) is 14.9. The number of hydrogen-bond acceptors (Lipinski definition) is 4. The van der Waals surface area contributed by atoms with Gasteiger partial charge in [0.25, 0.3) is 0 Å². The summed E-state index contributed by atoms with van der Waals surface area (Å²) in [6.07, 6.45) is 2.68. The van der Waals surface area contributed by atoms with Crippen molar-refractivity contribution in [3.8, 4) is 11.5 Å². The zero-order valence-electron chi connectivity index (χ0n) is 17.7. The molecule has 0 saturated heterocycles. The lowest BCUT2D eigenvalue weighted by atomic mass is 9.93. The molecule has 6 heteroatoms. The first-order valence-corrected chi connectivity index (χ1v) is 9.96. The molecule has 3 rings (SSSR count). The van der Waals surface area contributed by atoms with Gasteiger partial charge in [-0.25, -0.2) is 0 Å². The van der Waals surface area contributed by atoms with Gasteiger partial charge in [-0.2, -0.15) is 0 Å². The lowest BCUT2D eigenvalue weighted by molar-refractivity contribution is -0.127. The number of hydrogen-bond donors (Lipinski definition) is 1. The van der Waals surface area contributed by atoms with Crippen molar-refractivity contribution >= 4 is 23.2 Å². The number of benzene rings is 2. The van der Waals surface area contributed by atoms with E-state index in [9.17, 15) is 9.59 Å². The highest BCUT2D eigenvalue weighted by atomic mass is 16.5. The summed E-state index contributed by atoms with van der Waals surface area (Å²) in [6, 6.07) is 13.0. The molecule has 0 bridgehead atoms. The Hall–Kier alpha value is -3.28. The Kier molecular flexibility index (Phi) is 6.45. The molecule has 0 aliphatic carbocycles. The highest BCUT2D eigenvalue weighted by Crippen LogP contribution is 2.38. The highest BCUT2D eigenvalue weighted by molar-refractivity contribution is 6.00. The Balaban J connectivity index is 1.69. The van der Waals surface area contributed by atoms with Crippen LogP contribution < -0.4 is 19.7 Å². The summed E-state index contributed by atoms with van der Waals surface area (Å²) in [5, 5.41) is 2.92. The van der Waals surface area contributed by atoms with Crippen molar-refractivity contribution < 1.29 is 19.1 Å². The molecule has 0 atom stereocenters. The predicted molar refractivity (Wildman–Crippen MR) is 118 cm³/mol. The SMILES string of the molecule is C=CCN1C(=O)C(C)(C)COc2cc(NC(=O)CCc3ccc(OC)cc3)ccc21. The molecule has 158 valence electrons. The number of nitrogens with one attached hydrogen (secondary N) is 1. The Morgan fingerprint density at radius 2 is 2.00 bits per heavy atom. The Labute approximate surface area is 177 Å². The van der Waals surface area contributed by atoms with Gasteiger partial charge in [-0.1, -0.05) is 18.2 Å². The van der Waals surface area contributed by atoms with Crippen molar-refractivity contribution in [2.45, 2.75) is 26.7 Å². The molecule has 1 aliphatic rings. The van der Waals surface area contributed by atoms with Gasteiger partial charge in [0.2, 0.25) is 11.8 Å². The smallest absolute Gasteiger partial charge is 0.236 e. The average Bonchev–Trinajstić information content (AvgIpc) is 2.83. The number of nitrogens with zero attached hydrogens (tertiary/aromatic N) is 1. The minimum atomic E-state index is -0.649. The Morgan fingerprint density at radius 1 is 1.27 bits per heavy atom. The third-order valence-corrected chi connectivity index (χ3v) is 5.06. The third kappa shape index (κ3) is 4.82. The molecular weight excluding hydrogens is 380 g/mol. The standard InChI is InChI=1S/C24H28N2O4/c1-5-14-26-20-12-9-18(15-21(20)30-16-24(2,3)23(26)28)25-22(27)13-8-17-6-10-19(29-4)11-7-17/h5-7,9-12,15H,1,8,13-14,16H2,2-4H3,(H,25,27). The number of fused-ring (bicyclic) bond motifs is 1. The van der Waals surface area contributed by atoms with Crippen LogP contribution in [0.4, 0.5) is 11.4 Å². The van der Waals surface area contributed by atoms with Crippen molar-refractivity contribution in [2.75, 3.05) is 30.5 Å². The van der Waals surface area contributed by atoms with Crippen LogP contribution in [0.2, 0.25) is 0 Å². The molecule has 1 N–H and O–H groups in total. The molecule has 30 heavy (non-hydrogen) atoms. The number of methoxy groups -OCH3 is 1. The van der Waals surface area contributed by atoms with E-state index in [1.54, 1.807) is 36.3 Å². The van der Waals surface area contributed by atoms with Crippen LogP contribution in [0.3, 0.4) is 0 Å². The first kappa shape index (κ1) is 21.4. The average molecular weight is 408 g/mol. The maximum absolute atomic E-state index is 12.9. The maximum Gasteiger partial charge on any atom is 0.236 e. The summed E-state index contributed by atoms with van der Waals surface area (Å²) in [6.45, 7) is 8.13. The van der Waals surface area contributed by atoms with Gasteiger partial charge in [-0.15, -0.1) is 6.58 Å². The van der Waals surface area contributed by atoms with Crippen LogP contribution in [0.25, 0.3) is 0 Å². The van der Waals surface area contributed by atoms with E-state index in [2.05, 4.69) is 11.9 Å². The second-order valence-electron chi connectivity index (χ2n) is 7.96. The predicted octanol–water partition coefficient (Wildman–Crippen LogP) is 4.20. The summed E-state index contributed by atoms with van der Waals surface area (Å²) < 4.78 is 11.1. The molecule has 2 amide bonds. The molecule has 2 aromatic rings. The summed E-state index contributed by atoms with van der Waals surface area (Å²) in [7, 11) is 1.63. The third-order valence-electron chi connectivity index (χ3n) is 5.06. The number of amides is 2. The molecule has 0 saturated carbocycles. The fourth-order valence-corrected chi connectivity index (χ4v) is 3.31. The van der Waals surface area contributed by atoms with Crippen molar-refractivity contribution in [1.29, 1.82) is 0 Å². The van der Waals surface area contributed by atoms with E-state index >= 15 is 0 Å². The van der Waals surface area contributed by atoms with Gasteiger partial charge >= 0.3 is 0 Å². The number of anilines is 2. The first-order valence-electron chi connectivity index (χ1n) is 9.96. The van der Waals surface area contributed by atoms with E-state index < -0.39 is 5.41 Å². The van der Waals surface area contributed by atoms with Crippen molar-refractivity contribution in [3.63, 3.8) is 0 Å². The molecule has 0 fully saturated rings. The van der Waals surface area contributed by atoms with E-state index in [1.165, 1.54) is 0 Å². The van der Waals surface area contributed by atoms with Gasteiger partial charge in [0.05, 0.1) is 18.2 Å². The molecule has 0 unspecified atom stereocenters. The quantitative estimate of drug-likeness (QED) is 0.697. The van der Waals surface area contributed by atoms with Crippen LogP contribution in [-0.4, -0.2) is 32.1 Å². The topological polar surface area (TPSA) is 67.9 Å². The minimum absolute atomic E-state index is 0.0163. The monoisotopic (exact) mass is 408 g/mol.